The summed E-state index contributed by atoms with van der Waals surface area (Å²) in [4.78, 5) is 27.6. The molecule has 1 amide bonds. The van der Waals surface area contributed by atoms with E-state index in [0.717, 1.165) is 50.2 Å². The predicted octanol–water partition coefficient (Wildman–Crippen LogP) is 3.47. The predicted molar refractivity (Wildman–Crippen MR) is 140 cm³/mol. The van der Waals surface area contributed by atoms with Gasteiger partial charge in [0, 0.05) is 56.9 Å². The number of amides is 1. The summed E-state index contributed by atoms with van der Waals surface area (Å²) in [5.41, 5.74) is 0.711. The number of aromatic nitrogens is 2. The van der Waals surface area contributed by atoms with E-state index in [-0.39, 0.29) is 18.1 Å². The number of carbonyl (C=O) groups is 1. The van der Waals surface area contributed by atoms with Crippen molar-refractivity contribution in [3.05, 3.63) is 36.5 Å². The Bertz CT molecular complexity index is 1070. The van der Waals surface area contributed by atoms with Crippen molar-refractivity contribution in [3.8, 4) is 17.0 Å². The number of ether oxygens (including phenoxy) is 2. The lowest BCUT2D eigenvalue weighted by atomic mass is 9.78. The van der Waals surface area contributed by atoms with E-state index in [4.69, 9.17) is 14.5 Å². The van der Waals surface area contributed by atoms with Crippen molar-refractivity contribution in [1.82, 2.24) is 20.2 Å². The van der Waals surface area contributed by atoms with Crippen LogP contribution in [0.4, 0.5) is 10.3 Å². The summed E-state index contributed by atoms with van der Waals surface area (Å²) in [6.07, 6.45) is 6.19. The van der Waals surface area contributed by atoms with Crippen LogP contribution in [0.25, 0.3) is 11.3 Å². The molecule has 8 nitrogen and oxygen atoms in total. The highest BCUT2D eigenvalue weighted by molar-refractivity contribution is 5.86. The molecule has 0 saturated carbocycles. The molecule has 9 heteroatoms. The van der Waals surface area contributed by atoms with Crippen molar-refractivity contribution in [1.29, 1.82) is 0 Å². The minimum absolute atomic E-state index is 0.0160. The summed E-state index contributed by atoms with van der Waals surface area (Å²) in [6, 6.07) is 9.32. The minimum Gasteiger partial charge on any atom is -0.491 e. The normalized spacial score (nSPS) is 26.9. The molecule has 5 heterocycles. The van der Waals surface area contributed by atoms with Crippen LogP contribution in [0.1, 0.15) is 39.0 Å². The van der Waals surface area contributed by atoms with Crippen LogP contribution in [0.2, 0.25) is 0 Å². The molecule has 2 bridgehead atoms. The molecule has 1 N–H and O–H groups in total. The molecule has 1 unspecified atom stereocenters. The van der Waals surface area contributed by atoms with Crippen molar-refractivity contribution in [2.24, 2.45) is 5.92 Å². The number of benzene rings is 1. The molecule has 4 fully saturated rings. The molecule has 4 aliphatic rings. The van der Waals surface area contributed by atoms with Crippen molar-refractivity contribution in [2.75, 3.05) is 58.0 Å². The minimum atomic E-state index is -0.836. The van der Waals surface area contributed by atoms with Crippen molar-refractivity contribution < 1.29 is 18.7 Å². The first-order valence-corrected chi connectivity index (χ1v) is 13.4. The molecule has 1 aromatic heterocycles. The van der Waals surface area contributed by atoms with Gasteiger partial charge >= 0.3 is 0 Å². The lowest BCUT2D eigenvalue weighted by Crippen LogP contribution is -2.61. The van der Waals surface area contributed by atoms with E-state index in [1.807, 2.05) is 30.3 Å². The van der Waals surface area contributed by atoms with Gasteiger partial charge in [0.05, 0.1) is 5.69 Å². The number of nitrogens with zero attached hydrogens (tertiary/aromatic N) is 4. The summed E-state index contributed by atoms with van der Waals surface area (Å²) in [5.74, 6) is 1.80. The topological polar surface area (TPSA) is 79.8 Å². The Morgan fingerprint density at radius 3 is 2.49 bits per heavy atom. The highest BCUT2D eigenvalue weighted by Gasteiger charge is 2.47. The fourth-order valence-corrected chi connectivity index (χ4v) is 6.06. The van der Waals surface area contributed by atoms with Crippen LogP contribution in [0.5, 0.6) is 5.75 Å². The molecule has 4 saturated heterocycles. The standard InChI is InChI=1S/C28H38FN5O3/c1-27(10-17-33-15-8-22(27)9-16-33)32-25(35)28(36-2)11-18-34(19-12-28)26-30-14-7-24(31-26)21-3-5-23(6-4-21)37-20-13-29/h3-7,14,22H,8-13,15-20H2,1-2H3,(H,32,35). The second kappa shape index (κ2) is 10.9. The monoisotopic (exact) mass is 511 g/mol. The first-order valence-electron chi connectivity index (χ1n) is 13.4. The summed E-state index contributed by atoms with van der Waals surface area (Å²) >= 11 is 0. The van der Waals surface area contributed by atoms with Crippen LogP contribution in [0.15, 0.2) is 36.5 Å². The van der Waals surface area contributed by atoms with Gasteiger partial charge < -0.3 is 24.6 Å². The van der Waals surface area contributed by atoms with E-state index in [9.17, 15) is 9.18 Å². The molecular weight excluding hydrogens is 473 g/mol. The Labute approximate surface area is 218 Å². The van der Waals surface area contributed by atoms with Gasteiger partial charge in [0.15, 0.2) is 0 Å². The van der Waals surface area contributed by atoms with Crippen molar-refractivity contribution in [2.45, 2.75) is 50.2 Å². The maximum Gasteiger partial charge on any atom is 0.252 e. The van der Waals surface area contributed by atoms with E-state index in [1.54, 1.807) is 13.3 Å². The van der Waals surface area contributed by atoms with E-state index >= 15 is 0 Å². The molecule has 2 aromatic rings. The summed E-state index contributed by atoms with van der Waals surface area (Å²) in [7, 11) is 1.65. The van der Waals surface area contributed by atoms with Gasteiger partial charge in [-0.25, -0.2) is 14.4 Å². The van der Waals surface area contributed by atoms with Gasteiger partial charge in [0.25, 0.3) is 5.91 Å². The zero-order valence-electron chi connectivity index (χ0n) is 21.9. The highest BCUT2D eigenvalue weighted by atomic mass is 19.1. The average Bonchev–Trinajstić information content (AvgIpc) is 3.20. The molecule has 4 aliphatic heterocycles. The van der Waals surface area contributed by atoms with Crippen LogP contribution >= 0.6 is 0 Å². The van der Waals surface area contributed by atoms with Gasteiger partial charge in [-0.15, -0.1) is 0 Å². The number of methoxy groups -OCH3 is 1. The van der Waals surface area contributed by atoms with Gasteiger partial charge in [-0.05, 0) is 75.5 Å². The van der Waals surface area contributed by atoms with Crippen LogP contribution in [-0.4, -0.2) is 85.0 Å². The van der Waals surface area contributed by atoms with Crippen molar-refractivity contribution in [3.63, 3.8) is 0 Å². The SMILES string of the molecule is COC1(C(=O)NC2(C)CCN3CCC2CC3)CCN(c2nccc(-c3ccc(OCCF)cc3)n2)CC1. The Hall–Kier alpha value is -2.78. The average molecular weight is 512 g/mol. The number of piperidine rings is 2. The number of hydrogen-bond acceptors (Lipinski definition) is 7. The van der Waals surface area contributed by atoms with E-state index < -0.39 is 12.3 Å². The van der Waals surface area contributed by atoms with Gasteiger partial charge in [0.1, 0.15) is 24.6 Å². The van der Waals surface area contributed by atoms with Gasteiger partial charge in [-0.2, -0.15) is 0 Å². The second-order valence-corrected chi connectivity index (χ2v) is 10.7. The van der Waals surface area contributed by atoms with Crippen LogP contribution in [0.3, 0.4) is 0 Å². The Morgan fingerprint density at radius 1 is 1.08 bits per heavy atom. The number of fused-ring (bicyclic) bond motifs is 4. The van der Waals surface area contributed by atoms with Gasteiger partial charge in [0.2, 0.25) is 5.95 Å². The largest absolute Gasteiger partial charge is 0.491 e. The lowest BCUT2D eigenvalue weighted by Gasteiger charge is -2.44. The third kappa shape index (κ3) is 5.43. The van der Waals surface area contributed by atoms with Gasteiger partial charge in [-0.3, -0.25) is 4.79 Å². The molecule has 0 radical (unpaired) electrons. The number of nitrogens with one attached hydrogen (secondary N) is 1. The molecule has 6 rings (SSSR count). The first kappa shape index (κ1) is 25.9. The number of rotatable bonds is 8. The molecule has 0 spiro atoms. The van der Waals surface area contributed by atoms with E-state index in [0.29, 0.717) is 43.5 Å². The number of alkyl halides is 1. The maximum absolute atomic E-state index is 13.7. The lowest BCUT2D eigenvalue weighted by molar-refractivity contribution is -0.148. The molecular formula is C28H38FN5O3. The van der Waals surface area contributed by atoms with Gasteiger partial charge in [-0.1, -0.05) is 0 Å². The van der Waals surface area contributed by atoms with Crippen molar-refractivity contribution >= 4 is 11.9 Å². The summed E-state index contributed by atoms with van der Waals surface area (Å²) in [5, 5.41) is 3.46. The van der Waals surface area contributed by atoms with E-state index in [1.165, 1.54) is 0 Å². The Kier molecular flexibility index (Phi) is 7.62. The zero-order valence-corrected chi connectivity index (χ0v) is 21.9. The molecule has 37 heavy (non-hydrogen) atoms. The third-order valence-corrected chi connectivity index (χ3v) is 8.63. The van der Waals surface area contributed by atoms with Crippen LogP contribution in [-0.2, 0) is 9.53 Å². The molecule has 200 valence electrons. The Balaban J connectivity index is 1.24. The molecule has 1 atom stereocenters. The number of anilines is 1. The fourth-order valence-electron chi connectivity index (χ4n) is 6.06. The summed E-state index contributed by atoms with van der Waals surface area (Å²) < 4.78 is 23.6. The first-order chi connectivity index (χ1) is 17.9. The van der Waals surface area contributed by atoms with Crippen LogP contribution in [0, 0.1) is 5.92 Å². The summed E-state index contributed by atoms with van der Waals surface area (Å²) in [6.45, 7) is 6.34. The third-order valence-electron chi connectivity index (χ3n) is 8.63. The maximum atomic E-state index is 13.7. The van der Waals surface area contributed by atoms with Crippen LogP contribution < -0.4 is 15.0 Å². The molecule has 0 aliphatic carbocycles. The van der Waals surface area contributed by atoms with E-state index in [2.05, 4.69) is 27.0 Å². The second-order valence-electron chi connectivity index (χ2n) is 10.7. The highest BCUT2D eigenvalue weighted by Crippen LogP contribution is 2.37. The molecule has 1 aromatic carbocycles. The zero-order chi connectivity index (χ0) is 25.9. The smallest absolute Gasteiger partial charge is 0.252 e. The number of carbonyl (C=O) groups excluding carboxylic acids is 1. The fraction of sp³-hybridized carbons (Fsp3) is 0.607. The quantitative estimate of drug-likeness (QED) is 0.581. The number of halogens is 1. The Morgan fingerprint density at radius 2 is 1.81 bits per heavy atom. The number of hydrogen-bond donors (Lipinski definition) is 1.